The lowest BCUT2D eigenvalue weighted by Crippen LogP contribution is -1.77. The van der Waals surface area contributed by atoms with Crippen LogP contribution < -0.4 is 0 Å². The summed E-state index contributed by atoms with van der Waals surface area (Å²) >= 11 is 0. The summed E-state index contributed by atoms with van der Waals surface area (Å²) in [6.07, 6.45) is 1.46. The van der Waals surface area contributed by atoms with Crippen LogP contribution in [-0.2, 0) is 10.7 Å². The minimum Gasteiger partial charge on any atom is -0.284 e. The first-order valence-electron chi connectivity index (χ1n) is 1.95. The van der Waals surface area contributed by atoms with Gasteiger partial charge in [-0.2, -0.15) is 5.10 Å². The van der Waals surface area contributed by atoms with Gasteiger partial charge in [-0.3, -0.25) is 5.10 Å². The van der Waals surface area contributed by atoms with Crippen molar-refractivity contribution in [2.45, 2.75) is 5.03 Å². The zero-order chi connectivity index (χ0) is 5.98. The predicted molar refractivity (Wildman–Crippen MR) is 27.2 cm³/mol. The molecule has 1 heterocycles. The smallest absolute Gasteiger partial charge is 0.187 e. The molecule has 0 saturated carbocycles. The largest absolute Gasteiger partial charge is 0.284 e. The molecule has 0 spiro atoms. The van der Waals surface area contributed by atoms with Gasteiger partial charge in [-0.25, -0.2) is 8.42 Å². The van der Waals surface area contributed by atoms with Gasteiger partial charge >= 0.3 is 0 Å². The van der Waals surface area contributed by atoms with Crippen LogP contribution in [0.1, 0.15) is 0 Å². The number of aromatic nitrogens is 2. The van der Waals surface area contributed by atoms with Gasteiger partial charge in [0.25, 0.3) is 0 Å². The van der Waals surface area contributed by atoms with Crippen molar-refractivity contribution in [1.29, 1.82) is 0 Å². The van der Waals surface area contributed by atoms with E-state index in [9.17, 15) is 8.42 Å². The topological polar surface area (TPSA) is 62.8 Å². The molecule has 0 unspecified atom stereocenters. The fourth-order valence-corrected chi connectivity index (χ4v) is 0.690. The van der Waals surface area contributed by atoms with E-state index in [0.717, 1.165) is 0 Å². The van der Waals surface area contributed by atoms with Crippen molar-refractivity contribution >= 4 is 10.7 Å². The lowest BCUT2D eigenvalue weighted by molar-refractivity contribution is 0.611. The van der Waals surface area contributed by atoms with E-state index in [2.05, 4.69) is 10.2 Å². The van der Waals surface area contributed by atoms with E-state index in [1.165, 1.54) is 12.3 Å². The number of rotatable bonds is 1. The van der Waals surface area contributed by atoms with Gasteiger partial charge < -0.3 is 0 Å². The summed E-state index contributed by atoms with van der Waals surface area (Å²) in [5.41, 5.74) is 0. The second-order valence-corrected chi connectivity index (χ2v) is 2.16. The average Bonchev–Trinajstić information content (AvgIpc) is 2.12. The maximum Gasteiger partial charge on any atom is 0.187 e. The molecular weight excluding hydrogens is 128 g/mol. The van der Waals surface area contributed by atoms with Crippen LogP contribution in [0.3, 0.4) is 0 Å². The van der Waals surface area contributed by atoms with Crippen LogP contribution in [-0.4, -0.2) is 18.6 Å². The first kappa shape index (κ1) is 5.30. The first-order chi connectivity index (χ1) is 3.80. The van der Waals surface area contributed by atoms with E-state index < -0.39 is 10.7 Å². The lowest BCUT2D eigenvalue weighted by Gasteiger charge is -1.69. The molecule has 0 atom stereocenters. The highest BCUT2D eigenvalue weighted by atomic mass is 32.2. The highest BCUT2D eigenvalue weighted by molar-refractivity contribution is 7.72. The molecule has 0 amide bonds. The van der Waals surface area contributed by atoms with E-state index >= 15 is 0 Å². The van der Waals surface area contributed by atoms with Gasteiger partial charge in [0, 0.05) is 6.20 Å². The highest BCUT2D eigenvalue weighted by Gasteiger charge is 1.91. The Morgan fingerprint density at radius 3 is 2.62 bits per heavy atom. The Kier molecular flexibility index (Phi) is 1.29. The van der Waals surface area contributed by atoms with Crippen LogP contribution in [0.4, 0.5) is 0 Å². The molecule has 44 valence electrons. The molecule has 0 aliphatic carbocycles. The van der Waals surface area contributed by atoms with E-state index in [1.807, 2.05) is 0 Å². The quantitative estimate of drug-likeness (QED) is 0.500. The number of nitrogens with one attached hydrogen (secondary N) is 1. The van der Waals surface area contributed by atoms with E-state index in [4.69, 9.17) is 0 Å². The minimum absolute atomic E-state index is 0.0833. The maximum atomic E-state index is 10.0. The molecule has 1 rings (SSSR count). The third-order valence-electron chi connectivity index (χ3n) is 0.673. The Balaban J connectivity index is 3.11. The highest BCUT2D eigenvalue weighted by Crippen LogP contribution is 1.89. The maximum absolute atomic E-state index is 10.0. The molecule has 0 bridgehead atoms. The monoisotopic (exact) mass is 132 g/mol. The summed E-state index contributed by atoms with van der Waals surface area (Å²) in [4.78, 5) is 0. The first-order valence-corrected chi connectivity index (χ1v) is 3.12. The third-order valence-corrected chi connectivity index (χ3v) is 1.30. The zero-order valence-corrected chi connectivity index (χ0v) is 4.76. The van der Waals surface area contributed by atoms with Crippen LogP contribution in [0.15, 0.2) is 17.3 Å². The summed E-state index contributed by atoms with van der Waals surface area (Å²) < 4.78 is 20.0. The summed E-state index contributed by atoms with van der Waals surface area (Å²) in [5, 5.41) is 5.86. The van der Waals surface area contributed by atoms with Gasteiger partial charge in [0.15, 0.2) is 15.7 Å². The van der Waals surface area contributed by atoms with E-state index in [0.29, 0.717) is 0 Å². The van der Waals surface area contributed by atoms with Gasteiger partial charge in [0.05, 0.1) is 0 Å². The molecule has 0 aliphatic rings. The number of hydrogen-bond donors (Lipinski definition) is 2. The molecule has 0 fully saturated rings. The SMILES string of the molecule is O=[SH](=O)c1cc[nH]n1. The van der Waals surface area contributed by atoms with Crippen LogP contribution in [0, 0.1) is 0 Å². The fraction of sp³-hybridized carbons (Fsp3) is 0. The Labute approximate surface area is 47.5 Å². The van der Waals surface area contributed by atoms with Crippen LogP contribution in [0.2, 0.25) is 0 Å². The molecule has 5 heteroatoms. The molecule has 8 heavy (non-hydrogen) atoms. The Bertz CT molecular complexity index is 217. The average molecular weight is 132 g/mol. The van der Waals surface area contributed by atoms with Crippen molar-refractivity contribution in [3.8, 4) is 0 Å². The van der Waals surface area contributed by atoms with E-state index in [1.54, 1.807) is 0 Å². The zero-order valence-electron chi connectivity index (χ0n) is 3.87. The number of hydrogen-bond acceptors (Lipinski definition) is 3. The molecule has 1 aromatic heterocycles. The molecule has 0 aliphatic heterocycles. The number of aromatic amines is 1. The molecule has 1 N–H and O–H groups in total. The van der Waals surface area contributed by atoms with Crippen molar-refractivity contribution in [3.63, 3.8) is 0 Å². The second kappa shape index (κ2) is 1.95. The van der Waals surface area contributed by atoms with Crippen molar-refractivity contribution < 1.29 is 8.42 Å². The molecule has 0 radical (unpaired) electrons. The summed E-state index contributed by atoms with van der Waals surface area (Å²) in [7, 11) is -2.50. The lowest BCUT2D eigenvalue weighted by atomic mass is 10.8. The van der Waals surface area contributed by atoms with Crippen LogP contribution in [0.5, 0.6) is 0 Å². The Hall–Kier alpha value is -0.840. The summed E-state index contributed by atoms with van der Waals surface area (Å²) in [5.74, 6) is 0. The van der Waals surface area contributed by atoms with Gasteiger partial charge in [-0.1, -0.05) is 0 Å². The molecule has 1 aromatic rings. The summed E-state index contributed by atoms with van der Waals surface area (Å²) in [6, 6.07) is 1.39. The van der Waals surface area contributed by atoms with Crippen molar-refractivity contribution in [1.82, 2.24) is 10.2 Å². The molecule has 0 saturated heterocycles. The fourth-order valence-electron chi connectivity index (χ4n) is 0.354. The normalized spacial score (nSPS) is 10.1. The predicted octanol–water partition coefficient (Wildman–Crippen LogP) is -0.620. The number of H-pyrrole nitrogens is 1. The van der Waals surface area contributed by atoms with Crippen molar-refractivity contribution in [3.05, 3.63) is 12.3 Å². The summed E-state index contributed by atoms with van der Waals surface area (Å²) in [6.45, 7) is 0. The Morgan fingerprint density at radius 2 is 2.38 bits per heavy atom. The van der Waals surface area contributed by atoms with E-state index in [-0.39, 0.29) is 5.03 Å². The standard InChI is InChI=1S/C3H4N2O2S/c6-8(7)3-1-2-4-5-3/h1-2,8H,(H,4,5). The second-order valence-electron chi connectivity index (χ2n) is 1.19. The van der Waals surface area contributed by atoms with Crippen molar-refractivity contribution in [2.75, 3.05) is 0 Å². The molecule has 4 nitrogen and oxygen atoms in total. The number of nitrogens with zero attached hydrogens (tertiary/aromatic N) is 1. The van der Waals surface area contributed by atoms with Gasteiger partial charge in [-0.15, -0.1) is 0 Å². The third kappa shape index (κ3) is 0.865. The van der Waals surface area contributed by atoms with Crippen LogP contribution >= 0.6 is 0 Å². The Morgan fingerprint density at radius 1 is 1.62 bits per heavy atom. The molecule has 0 aromatic carbocycles. The minimum atomic E-state index is -2.50. The van der Waals surface area contributed by atoms with Crippen molar-refractivity contribution in [2.24, 2.45) is 0 Å². The van der Waals surface area contributed by atoms with Gasteiger partial charge in [0.1, 0.15) is 0 Å². The van der Waals surface area contributed by atoms with Gasteiger partial charge in [-0.05, 0) is 6.07 Å². The van der Waals surface area contributed by atoms with Gasteiger partial charge in [0.2, 0.25) is 0 Å². The number of thiol groups is 1. The molecular formula is C3H4N2O2S. The van der Waals surface area contributed by atoms with Crippen LogP contribution in [0.25, 0.3) is 0 Å².